The lowest BCUT2D eigenvalue weighted by Gasteiger charge is -2.11. The summed E-state index contributed by atoms with van der Waals surface area (Å²) in [5.74, 6) is 1.24. The second-order valence-electron chi connectivity index (χ2n) is 9.27. The molecule has 1 unspecified atom stereocenters. The van der Waals surface area contributed by atoms with Gasteiger partial charge in [-0.3, -0.25) is 9.48 Å². The van der Waals surface area contributed by atoms with Gasteiger partial charge in [0.1, 0.15) is 30.4 Å². The van der Waals surface area contributed by atoms with Crippen LogP contribution in [0.3, 0.4) is 0 Å². The van der Waals surface area contributed by atoms with Gasteiger partial charge in [-0.25, -0.2) is 0 Å². The number of esters is 1. The highest BCUT2D eigenvalue weighted by Crippen LogP contribution is 2.36. The molecule has 2 N–H and O–H groups in total. The number of nitrogens with zero attached hydrogens (tertiary/aromatic N) is 2. The van der Waals surface area contributed by atoms with Crippen LogP contribution in [0.15, 0.2) is 60.7 Å². The number of carbonyl (C=O) groups is 1. The van der Waals surface area contributed by atoms with Crippen molar-refractivity contribution in [3.8, 4) is 22.6 Å². The molecule has 0 spiro atoms. The van der Waals surface area contributed by atoms with E-state index in [2.05, 4.69) is 44.2 Å². The van der Waals surface area contributed by atoms with Crippen molar-refractivity contribution in [3.05, 3.63) is 77.5 Å². The van der Waals surface area contributed by atoms with Crippen molar-refractivity contribution in [3.63, 3.8) is 0 Å². The molecular weight excluding hydrogens is 454 g/mol. The number of hydrogen-bond donors (Lipinski definition) is 1. The molecule has 0 bridgehead atoms. The minimum atomic E-state index is -0.271. The molecule has 2 heterocycles. The van der Waals surface area contributed by atoms with Crippen LogP contribution in [0.1, 0.15) is 49.7 Å². The summed E-state index contributed by atoms with van der Waals surface area (Å²) in [5, 5.41) is 5.92. The number of aromatic nitrogens is 2. The molecule has 0 saturated carbocycles. The maximum absolute atomic E-state index is 12.0. The Morgan fingerprint density at radius 1 is 1.14 bits per heavy atom. The highest BCUT2D eigenvalue weighted by molar-refractivity contribution is 5.87. The highest BCUT2D eigenvalue weighted by atomic mass is 16.5. The largest absolute Gasteiger partial charge is 0.491 e. The maximum atomic E-state index is 12.0. The van der Waals surface area contributed by atoms with Gasteiger partial charge in [0.25, 0.3) is 0 Å². The Morgan fingerprint density at radius 3 is 2.72 bits per heavy atom. The minimum absolute atomic E-state index is 0.106. The Labute approximate surface area is 210 Å². The molecule has 1 atom stereocenters. The minimum Gasteiger partial charge on any atom is -0.491 e. The van der Waals surface area contributed by atoms with Gasteiger partial charge in [0.15, 0.2) is 0 Å². The van der Waals surface area contributed by atoms with Crippen molar-refractivity contribution in [2.45, 2.75) is 45.9 Å². The van der Waals surface area contributed by atoms with Gasteiger partial charge in [-0.15, -0.1) is 0 Å². The van der Waals surface area contributed by atoms with Crippen LogP contribution >= 0.6 is 0 Å². The standard InChI is InChI=1S/C29H31N3O4/c1-4-34-29(33)15-21-7-5-6-8-27(21)36-17-25-23-14-19(9-11-26(23)32(31-25)18(2)3)20-10-12-28-22(13-20)24(30)16-35-28/h5-14,18,24H,4,15-17,30H2,1-3H3. The van der Waals surface area contributed by atoms with Crippen LogP contribution in [0, 0.1) is 0 Å². The van der Waals surface area contributed by atoms with Crippen molar-refractivity contribution in [1.82, 2.24) is 9.78 Å². The third kappa shape index (κ3) is 4.66. The van der Waals surface area contributed by atoms with Crippen LogP contribution in [0.4, 0.5) is 0 Å². The average Bonchev–Trinajstić information content (AvgIpc) is 3.43. The summed E-state index contributed by atoms with van der Waals surface area (Å²) >= 11 is 0. The van der Waals surface area contributed by atoms with Crippen molar-refractivity contribution in [2.24, 2.45) is 5.73 Å². The zero-order chi connectivity index (χ0) is 25.2. The molecule has 3 aromatic carbocycles. The van der Waals surface area contributed by atoms with E-state index in [0.29, 0.717) is 19.0 Å². The Hall–Kier alpha value is -3.84. The summed E-state index contributed by atoms with van der Waals surface area (Å²) in [4.78, 5) is 12.0. The van der Waals surface area contributed by atoms with Gasteiger partial charge in [0.05, 0.1) is 24.6 Å². The predicted octanol–water partition coefficient (Wildman–Crippen LogP) is 5.36. The lowest BCUT2D eigenvalue weighted by Crippen LogP contribution is -2.10. The number of rotatable bonds is 8. The smallest absolute Gasteiger partial charge is 0.310 e. The van der Waals surface area contributed by atoms with Gasteiger partial charge < -0.3 is 19.9 Å². The maximum Gasteiger partial charge on any atom is 0.310 e. The normalized spacial score (nSPS) is 14.6. The quantitative estimate of drug-likeness (QED) is 0.338. The molecule has 1 aliphatic heterocycles. The molecule has 186 valence electrons. The van der Waals surface area contributed by atoms with Gasteiger partial charge in [-0.1, -0.05) is 30.3 Å². The monoisotopic (exact) mass is 485 g/mol. The summed E-state index contributed by atoms with van der Waals surface area (Å²) in [6.45, 7) is 7.17. The fourth-order valence-electron chi connectivity index (χ4n) is 4.61. The zero-order valence-corrected chi connectivity index (χ0v) is 20.9. The first-order valence-electron chi connectivity index (χ1n) is 12.3. The first kappa shape index (κ1) is 23.9. The first-order chi connectivity index (χ1) is 17.4. The molecule has 7 heteroatoms. The fraction of sp³-hybridized carbons (Fsp3) is 0.310. The molecule has 1 aliphatic rings. The number of nitrogens with two attached hydrogens (primary N) is 1. The molecule has 7 nitrogen and oxygen atoms in total. The summed E-state index contributed by atoms with van der Waals surface area (Å²) < 4.78 is 19.0. The van der Waals surface area contributed by atoms with E-state index in [-0.39, 0.29) is 31.1 Å². The van der Waals surface area contributed by atoms with E-state index in [1.54, 1.807) is 6.92 Å². The second kappa shape index (κ2) is 10.0. The molecule has 4 aromatic rings. The Kier molecular flexibility index (Phi) is 6.65. The summed E-state index contributed by atoms with van der Waals surface area (Å²) in [6.07, 6.45) is 0.166. The van der Waals surface area contributed by atoms with Gasteiger partial charge in [0.2, 0.25) is 0 Å². The average molecular weight is 486 g/mol. The van der Waals surface area contributed by atoms with E-state index in [1.807, 2.05) is 35.0 Å². The van der Waals surface area contributed by atoms with E-state index in [1.165, 1.54) is 0 Å². The lowest BCUT2D eigenvalue weighted by molar-refractivity contribution is -0.142. The fourth-order valence-corrected chi connectivity index (χ4v) is 4.61. The Bertz CT molecular complexity index is 1410. The van der Waals surface area contributed by atoms with Crippen LogP contribution in [-0.2, 0) is 22.6 Å². The number of para-hydroxylation sites is 1. The van der Waals surface area contributed by atoms with Crippen molar-refractivity contribution in [1.29, 1.82) is 0 Å². The van der Waals surface area contributed by atoms with E-state index in [0.717, 1.165) is 44.6 Å². The van der Waals surface area contributed by atoms with Crippen LogP contribution in [0.25, 0.3) is 22.0 Å². The van der Waals surface area contributed by atoms with Gasteiger partial charge in [-0.05, 0) is 62.2 Å². The van der Waals surface area contributed by atoms with Crippen molar-refractivity contribution >= 4 is 16.9 Å². The number of fused-ring (bicyclic) bond motifs is 2. The molecule has 0 saturated heterocycles. The Balaban J connectivity index is 1.47. The summed E-state index contributed by atoms with van der Waals surface area (Å²) in [7, 11) is 0. The van der Waals surface area contributed by atoms with Gasteiger partial charge in [-0.2, -0.15) is 5.10 Å². The van der Waals surface area contributed by atoms with Crippen LogP contribution in [0.5, 0.6) is 11.5 Å². The van der Waals surface area contributed by atoms with Crippen LogP contribution < -0.4 is 15.2 Å². The number of carbonyl (C=O) groups excluding carboxylic acids is 1. The second-order valence-corrected chi connectivity index (χ2v) is 9.27. The molecule has 1 aromatic heterocycles. The third-order valence-corrected chi connectivity index (χ3v) is 6.41. The van der Waals surface area contributed by atoms with Crippen molar-refractivity contribution < 1.29 is 19.0 Å². The molecular formula is C29H31N3O4. The molecule has 0 amide bonds. The van der Waals surface area contributed by atoms with Gasteiger partial charge >= 0.3 is 5.97 Å². The van der Waals surface area contributed by atoms with Gasteiger partial charge in [0, 0.05) is 22.6 Å². The van der Waals surface area contributed by atoms with E-state index >= 15 is 0 Å². The molecule has 0 fully saturated rings. The Morgan fingerprint density at radius 2 is 1.92 bits per heavy atom. The highest BCUT2D eigenvalue weighted by Gasteiger charge is 2.21. The SMILES string of the molecule is CCOC(=O)Cc1ccccc1OCc1nn(C(C)C)c2ccc(-c3ccc4c(c3)C(N)CO4)cc12. The van der Waals surface area contributed by atoms with Crippen molar-refractivity contribution in [2.75, 3.05) is 13.2 Å². The zero-order valence-electron chi connectivity index (χ0n) is 20.9. The van der Waals surface area contributed by atoms with Crippen LogP contribution in [-0.4, -0.2) is 29.0 Å². The number of ether oxygens (including phenoxy) is 3. The van der Waals surface area contributed by atoms with Crippen LogP contribution in [0.2, 0.25) is 0 Å². The van der Waals surface area contributed by atoms with E-state index < -0.39 is 0 Å². The number of hydrogen-bond acceptors (Lipinski definition) is 6. The predicted molar refractivity (Wildman–Crippen MR) is 139 cm³/mol. The number of benzene rings is 3. The molecule has 0 radical (unpaired) electrons. The third-order valence-electron chi connectivity index (χ3n) is 6.41. The molecule has 0 aliphatic carbocycles. The first-order valence-corrected chi connectivity index (χ1v) is 12.3. The van der Waals surface area contributed by atoms with E-state index in [4.69, 9.17) is 25.0 Å². The summed E-state index contributed by atoms with van der Waals surface area (Å²) in [6, 6.07) is 20.2. The van der Waals surface area contributed by atoms with E-state index in [9.17, 15) is 4.79 Å². The molecule has 5 rings (SSSR count). The summed E-state index contributed by atoms with van der Waals surface area (Å²) in [5.41, 5.74) is 12.1. The molecule has 36 heavy (non-hydrogen) atoms. The lowest BCUT2D eigenvalue weighted by atomic mass is 9.99. The topological polar surface area (TPSA) is 88.6 Å².